The van der Waals surface area contributed by atoms with Crippen molar-refractivity contribution in [1.82, 2.24) is 15.2 Å². The maximum atomic E-state index is 12.1. The molecule has 1 amide bonds. The van der Waals surface area contributed by atoms with E-state index < -0.39 is 0 Å². The molecule has 0 atom stereocenters. The predicted molar refractivity (Wildman–Crippen MR) is 84.7 cm³/mol. The topological polar surface area (TPSA) is 62.3 Å². The maximum absolute atomic E-state index is 12.1. The molecule has 1 aromatic carbocycles. The van der Waals surface area contributed by atoms with E-state index in [0.717, 1.165) is 12.1 Å². The van der Waals surface area contributed by atoms with Crippen molar-refractivity contribution in [3.8, 4) is 0 Å². The van der Waals surface area contributed by atoms with Crippen molar-refractivity contribution in [3.05, 3.63) is 65.5 Å². The number of nitrogens with zero attached hydrogens (tertiary/aromatic N) is 2. The van der Waals surface area contributed by atoms with Crippen LogP contribution in [0.5, 0.6) is 0 Å². The normalized spacial score (nSPS) is 10.5. The first-order chi connectivity index (χ1) is 10.7. The predicted octanol–water partition coefficient (Wildman–Crippen LogP) is 1.76. The molecule has 2 aromatic rings. The molecule has 0 saturated carbocycles. The Balaban J connectivity index is 1.80. The largest absolute Gasteiger partial charge is 0.351 e. The summed E-state index contributed by atoms with van der Waals surface area (Å²) in [6, 6.07) is 10.7. The van der Waals surface area contributed by atoms with Crippen molar-refractivity contribution in [3.63, 3.8) is 0 Å². The molecular weight excluding hydrogens is 278 g/mol. The van der Waals surface area contributed by atoms with Gasteiger partial charge in [-0.05, 0) is 24.7 Å². The second-order valence-corrected chi connectivity index (χ2v) is 5.06. The van der Waals surface area contributed by atoms with Gasteiger partial charge in [-0.1, -0.05) is 24.3 Å². The molecule has 0 fully saturated rings. The molecule has 0 aliphatic carbocycles. The highest BCUT2D eigenvalue weighted by Crippen LogP contribution is 2.05. The fraction of sp³-hybridized carbons (Fsp3) is 0.235. The number of hydrogen-bond donors (Lipinski definition) is 1. The number of aldehydes is 1. The van der Waals surface area contributed by atoms with Crippen molar-refractivity contribution >= 4 is 12.2 Å². The number of pyridine rings is 1. The minimum Gasteiger partial charge on any atom is -0.351 e. The van der Waals surface area contributed by atoms with Crippen LogP contribution >= 0.6 is 0 Å². The van der Waals surface area contributed by atoms with Crippen LogP contribution in [-0.4, -0.2) is 42.2 Å². The lowest BCUT2D eigenvalue weighted by molar-refractivity contribution is 0.0944. The van der Waals surface area contributed by atoms with Crippen LogP contribution in [0.3, 0.4) is 0 Å². The Kier molecular flexibility index (Phi) is 5.80. The minimum absolute atomic E-state index is 0.225. The van der Waals surface area contributed by atoms with E-state index in [2.05, 4.69) is 15.2 Å². The number of rotatable bonds is 7. The Labute approximate surface area is 130 Å². The summed E-state index contributed by atoms with van der Waals surface area (Å²) in [5.74, 6) is -0.225. The molecule has 5 nitrogen and oxygen atoms in total. The van der Waals surface area contributed by atoms with Crippen molar-refractivity contribution in [1.29, 1.82) is 0 Å². The van der Waals surface area contributed by atoms with E-state index in [9.17, 15) is 9.59 Å². The van der Waals surface area contributed by atoms with Gasteiger partial charge >= 0.3 is 0 Å². The zero-order chi connectivity index (χ0) is 15.8. The summed E-state index contributed by atoms with van der Waals surface area (Å²) < 4.78 is 0. The number of aromatic nitrogens is 1. The highest BCUT2D eigenvalue weighted by Gasteiger charge is 2.09. The minimum atomic E-state index is -0.225. The number of benzene rings is 1. The molecule has 0 unspecified atom stereocenters. The summed E-state index contributed by atoms with van der Waals surface area (Å²) in [4.78, 5) is 29.2. The van der Waals surface area contributed by atoms with Crippen LogP contribution in [-0.2, 0) is 6.54 Å². The third-order valence-electron chi connectivity index (χ3n) is 3.29. The molecule has 1 heterocycles. The third kappa shape index (κ3) is 4.49. The molecule has 5 heteroatoms. The fourth-order valence-corrected chi connectivity index (χ4v) is 2.14. The van der Waals surface area contributed by atoms with E-state index >= 15 is 0 Å². The van der Waals surface area contributed by atoms with E-state index in [-0.39, 0.29) is 5.91 Å². The third-order valence-corrected chi connectivity index (χ3v) is 3.29. The second kappa shape index (κ2) is 8.05. The van der Waals surface area contributed by atoms with Crippen molar-refractivity contribution in [2.45, 2.75) is 6.54 Å². The van der Waals surface area contributed by atoms with Crippen LogP contribution in [0.15, 0.2) is 48.8 Å². The smallest absolute Gasteiger partial charge is 0.252 e. The van der Waals surface area contributed by atoms with Gasteiger partial charge in [0.2, 0.25) is 0 Å². The van der Waals surface area contributed by atoms with Crippen molar-refractivity contribution in [2.75, 3.05) is 20.1 Å². The van der Waals surface area contributed by atoms with E-state index in [1.54, 1.807) is 30.5 Å². The van der Waals surface area contributed by atoms with Gasteiger partial charge in [0.15, 0.2) is 6.29 Å². The zero-order valence-corrected chi connectivity index (χ0v) is 12.5. The molecule has 22 heavy (non-hydrogen) atoms. The lowest BCUT2D eigenvalue weighted by Crippen LogP contribution is -2.33. The lowest BCUT2D eigenvalue weighted by Gasteiger charge is -2.17. The molecule has 1 aromatic heterocycles. The Hall–Kier alpha value is -2.53. The first kappa shape index (κ1) is 15.9. The number of nitrogens with one attached hydrogen (secondary N) is 1. The second-order valence-electron chi connectivity index (χ2n) is 5.06. The Bertz CT molecular complexity index is 629. The summed E-state index contributed by atoms with van der Waals surface area (Å²) >= 11 is 0. The molecule has 2 rings (SSSR count). The molecule has 0 saturated heterocycles. The first-order valence-electron chi connectivity index (χ1n) is 7.10. The molecule has 0 bridgehead atoms. The Morgan fingerprint density at radius 1 is 1.27 bits per heavy atom. The highest BCUT2D eigenvalue weighted by atomic mass is 16.1. The number of likely N-dealkylation sites (N-methyl/N-ethyl adjacent to an activating group) is 1. The quantitative estimate of drug-likeness (QED) is 0.791. The number of carbonyl (C=O) groups excluding carboxylic acids is 2. The lowest BCUT2D eigenvalue weighted by atomic mass is 10.1. The van der Waals surface area contributed by atoms with Crippen LogP contribution in [0, 0.1) is 0 Å². The Morgan fingerprint density at radius 3 is 2.82 bits per heavy atom. The summed E-state index contributed by atoms with van der Waals surface area (Å²) in [6.45, 7) is 2.00. The summed E-state index contributed by atoms with van der Waals surface area (Å²) in [5, 5.41) is 2.84. The van der Waals surface area contributed by atoms with Gasteiger partial charge in [-0.2, -0.15) is 0 Å². The van der Waals surface area contributed by atoms with Gasteiger partial charge in [-0.3, -0.25) is 14.6 Å². The van der Waals surface area contributed by atoms with Gasteiger partial charge in [0.1, 0.15) is 0 Å². The standard InChI is InChI=1S/C17H19N3O2/c1-20(12-14-5-4-8-18-11-14)10-9-19-17(22)16-7-3-2-6-15(16)13-21/h2-8,11,13H,9-10,12H2,1H3,(H,19,22). The van der Waals surface area contributed by atoms with Gasteiger partial charge in [0.05, 0.1) is 0 Å². The SMILES string of the molecule is CN(CCNC(=O)c1ccccc1C=O)Cc1cccnc1. The van der Waals surface area contributed by atoms with E-state index in [1.807, 2.05) is 25.4 Å². The van der Waals surface area contributed by atoms with Crippen LogP contribution in [0.2, 0.25) is 0 Å². The number of amides is 1. The molecule has 0 spiro atoms. The first-order valence-corrected chi connectivity index (χ1v) is 7.10. The van der Waals surface area contributed by atoms with Crippen LogP contribution < -0.4 is 5.32 Å². The van der Waals surface area contributed by atoms with Crippen LogP contribution in [0.4, 0.5) is 0 Å². The van der Waals surface area contributed by atoms with Crippen molar-refractivity contribution < 1.29 is 9.59 Å². The maximum Gasteiger partial charge on any atom is 0.252 e. The van der Waals surface area contributed by atoms with Gasteiger partial charge in [-0.25, -0.2) is 0 Å². The summed E-state index contributed by atoms with van der Waals surface area (Å²) in [6.07, 6.45) is 4.27. The average molecular weight is 297 g/mol. The highest BCUT2D eigenvalue weighted by molar-refractivity contribution is 6.01. The monoisotopic (exact) mass is 297 g/mol. The van der Waals surface area contributed by atoms with Crippen molar-refractivity contribution in [2.24, 2.45) is 0 Å². The van der Waals surface area contributed by atoms with E-state index in [0.29, 0.717) is 30.5 Å². The zero-order valence-electron chi connectivity index (χ0n) is 12.5. The summed E-state index contributed by atoms with van der Waals surface area (Å²) in [5.41, 5.74) is 1.94. The number of carbonyl (C=O) groups is 2. The fourth-order valence-electron chi connectivity index (χ4n) is 2.14. The molecule has 114 valence electrons. The van der Waals surface area contributed by atoms with Gasteiger partial charge < -0.3 is 10.2 Å². The van der Waals surface area contributed by atoms with Gasteiger partial charge in [-0.15, -0.1) is 0 Å². The molecule has 0 aliphatic rings. The Morgan fingerprint density at radius 2 is 2.09 bits per heavy atom. The van der Waals surface area contributed by atoms with Gasteiger partial charge in [0, 0.05) is 43.2 Å². The van der Waals surface area contributed by atoms with Crippen LogP contribution in [0.1, 0.15) is 26.3 Å². The van der Waals surface area contributed by atoms with Gasteiger partial charge in [0.25, 0.3) is 5.91 Å². The molecular formula is C17H19N3O2. The van der Waals surface area contributed by atoms with E-state index in [4.69, 9.17) is 0 Å². The molecule has 0 aliphatic heterocycles. The summed E-state index contributed by atoms with van der Waals surface area (Å²) in [7, 11) is 1.98. The average Bonchev–Trinajstić information content (AvgIpc) is 2.55. The van der Waals surface area contributed by atoms with E-state index in [1.165, 1.54) is 0 Å². The van der Waals surface area contributed by atoms with Crippen LogP contribution in [0.25, 0.3) is 0 Å². The molecule has 0 radical (unpaired) electrons. The number of hydrogen-bond acceptors (Lipinski definition) is 4. The molecule has 1 N–H and O–H groups in total.